The van der Waals surface area contributed by atoms with Gasteiger partial charge in [-0.15, -0.1) is 11.3 Å². The van der Waals surface area contributed by atoms with Gasteiger partial charge in [0.25, 0.3) is 0 Å². The molecule has 4 heteroatoms. The van der Waals surface area contributed by atoms with E-state index in [1.54, 1.807) is 11.3 Å². The summed E-state index contributed by atoms with van der Waals surface area (Å²) in [5.41, 5.74) is 4.58. The molecule has 3 aromatic rings. The molecule has 0 atom stereocenters. The minimum atomic E-state index is -0.0267. The van der Waals surface area contributed by atoms with Gasteiger partial charge in [0.1, 0.15) is 0 Å². The number of hydrogen-bond acceptors (Lipinski definition) is 3. The standard InChI is InChI=1S/C19H14N2OS/c22-19-12-17(18-7-4-10-23-18)20-15-9-8-14(11-16(15)21-19)13-5-2-1-3-6-13/h1-11H,12H2,(H,21,22). The van der Waals surface area contributed by atoms with Crippen molar-refractivity contribution < 1.29 is 4.79 Å². The highest BCUT2D eigenvalue weighted by Gasteiger charge is 2.18. The van der Waals surface area contributed by atoms with Crippen LogP contribution >= 0.6 is 11.3 Å². The van der Waals surface area contributed by atoms with Gasteiger partial charge in [0.15, 0.2) is 0 Å². The second kappa shape index (κ2) is 5.82. The van der Waals surface area contributed by atoms with Crippen LogP contribution in [0.2, 0.25) is 0 Å². The zero-order valence-electron chi connectivity index (χ0n) is 12.3. The Morgan fingerprint density at radius 2 is 1.83 bits per heavy atom. The van der Waals surface area contributed by atoms with Crippen molar-refractivity contribution in [1.29, 1.82) is 0 Å². The molecule has 1 aliphatic heterocycles. The van der Waals surface area contributed by atoms with Crippen molar-refractivity contribution in [3.05, 3.63) is 70.9 Å². The number of amides is 1. The summed E-state index contributed by atoms with van der Waals surface area (Å²) in [5, 5.41) is 4.98. The number of thiophene rings is 1. The maximum Gasteiger partial charge on any atom is 0.230 e. The molecule has 0 unspecified atom stereocenters. The topological polar surface area (TPSA) is 41.5 Å². The minimum Gasteiger partial charge on any atom is -0.324 e. The monoisotopic (exact) mass is 318 g/mol. The second-order valence-electron chi connectivity index (χ2n) is 5.36. The van der Waals surface area contributed by atoms with Gasteiger partial charge in [0.05, 0.1) is 23.5 Å². The van der Waals surface area contributed by atoms with E-state index in [-0.39, 0.29) is 5.91 Å². The Bertz CT molecular complexity index is 883. The van der Waals surface area contributed by atoms with Crippen LogP contribution in [0.25, 0.3) is 11.1 Å². The van der Waals surface area contributed by atoms with E-state index in [1.165, 1.54) is 0 Å². The highest BCUT2D eigenvalue weighted by Crippen LogP contribution is 2.33. The quantitative estimate of drug-likeness (QED) is 0.719. The summed E-state index contributed by atoms with van der Waals surface area (Å²) in [6, 6.07) is 20.1. The summed E-state index contributed by atoms with van der Waals surface area (Å²) in [6.45, 7) is 0. The van der Waals surface area contributed by atoms with E-state index in [4.69, 9.17) is 4.99 Å². The molecule has 112 valence electrons. The molecule has 0 aliphatic carbocycles. The van der Waals surface area contributed by atoms with Crippen molar-refractivity contribution in [2.45, 2.75) is 6.42 Å². The smallest absolute Gasteiger partial charge is 0.230 e. The van der Waals surface area contributed by atoms with E-state index in [1.807, 2.05) is 53.9 Å². The van der Waals surface area contributed by atoms with Gasteiger partial charge in [-0.1, -0.05) is 42.5 Å². The highest BCUT2D eigenvalue weighted by atomic mass is 32.1. The van der Waals surface area contributed by atoms with Crippen molar-refractivity contribution in [3.63, 3.8) is 0 Å². The minimum absolute atomic E-state index is 0.0267. The highest BCUT2D eigenvalue weighted by molar-refractivity contribution is 7.12. The number of nitrogens with zero attached hydrogens (tertiary/aromatic N) is 1. The fourth-order valence-corrected chi connectivity index (χ4v) is 3.37. The lowest BCUT2D eigenvalue weighted by Crippen LogP contribution is -2.14. The van der Waals surface area contributed by atoms with Crippen molar-refractivity contribution in [3.8, 4) is 11.1 Å². The van der Waals surface area contributed by atoms with Crippen LogP contribution in [0.5, 0.6) is 0 Å². The van der Waals surface area contributed by atoms with Gasteiger partial charge in [0, 0.05) is 4.88 Å². The molecule has 1 aliphatic rings. The Morgan fingerprint density at radius 1 is 0.957 bits per heavy atom. The summed E-state index contributed by atoms with van der Waals surface area (Å²) >= 11 is 1.60. The molecule has 0 spiro atoms. The van der Waals surface area contributed by atoms with Gasteiger partial charge in [-0.3, -0.25) is 4.79 Å². The van der Waals surface area contributed by atoms with Crippen LogP contribution in [-0.2, 0) is 4.79 Å². The van der Waals surface area contributed by atoms with Crippen LogP contribution in [0.3, 0.4) is 0 Å². The zero-order chi connectivity index (χ0) is 15.6. The predicted molar refractivity (Wildman–Crippen MR) is 95.6 cm³/mol. The molecule has 0 radical (unpaired) electrons. The van der Waals surface area contributed by atoms with E-state index in [2.05, 4.69) is 17.4 Å². The van der Waals surface area contributed by atoms with Crippen LogP contribution in [0.4, 0.5) is 11.4 Å². The number of rotatable bonds is 2. The summed E-state index contributed by atoms with van der Waals surface area (Å²) in [5.74, 6) is -0.0267. The lowest BCUT2D eigenvalue weighted by Gasteiger charge is -2.08. The SMILES string of the molecule is O=C1CC(c2cccs2)=Nc2ccc(-c3ccccc3)cc2N1. The number of carbonyl (C=O) groups is 1. The van der Waals surface area contributed by atoms with Crippen molar-refractivity contribution in [2.75, 3.05) is 5.32 Å². The van der Waals surface area contributed by atoms with Gasteiger partial charge in [-0.05, 0) is 34.7 Å². The fourth-order valence-electron chi connectivity index (χ4n) is 2.66. The van der Waals surface area contributed by atoms with E-state index in [9.17, 15) is 4.79 Å². The first-order chi connectivity index (χ1) is 11.3. The number of fused-ring (bicyclic) bond motifs is 1. The maximum absolute atomic E-state index is 12.2. The van der Waals surface area contributed by atoms with Crippen LogP contribution < -0.4 is 5.32 Å². The van der Waals surface area contributed by atoms with E-state index >= 15 is 0 Å². The summed E-state index contributed by atoms with van der Waals surface area (Å²) in [7, 11) is 0. The largest absolute Gasteiger partial charge is 0.324 e. The zero-order valence-corrected chi connectivity index (χ0v) is 13.1. The normalized spacial score (nSPS) is 13.7. The molecule has 0 saturated carbocycles. The van der Waals surface area contributed by atoms with Crippen LogP contribution in [0.15, 0.2) is 71.0 Å². The molecular weight excluding hydrogens is 304 g/mol. The van der Waals surface area contributed by atoms with Crippen LogP contribution in [0.1, 0.15) is 11.3 Å². The Balaban J connectivity index is 1.79. The molecule has 2 aromatic carbocycles. The number of hydrogen-bond donors (Lipinski definition) is 1. The first-order valence-electron chi connectivity index (χ1n) is 7.40. The summed E-state index contributed by atoms with van der Waals surface area (Å²) < 4.78 is 0. The van der Waals surface area contributed by atoms with Gasteiger partial charge in [-0.25, -0.2) is 4.99 Å². The first kappa shape index (κ1) is 13.9. The van der Waals surface area contributed by atoms with Gasteiger partial charge in [0.2, 0.25) is 5.91 Å². The summed E-state index contributed by atoms with van der Waals surface area (Å²) in [4.78, 5) is 18.0. The number of benzene rings is 2. The number of aliphatic imine (C=N–C) groups is 1. The Kier molecular flexibility index (Phi) is 3.52. The number of carbonyl (C=O) groups excluding carboxylic acids is 1. The molecule has 3 nitrogen and oxygen atoms in total. The lowest BCUT2D eigenvalue weighted by molar-refractivity contribution is -0.115. The molecule has 23 heavy (non-hydrogen) atoms. The molecule has 2 heterocycles. The second-order valence-corrected chi connectivity index (χ2v) is 6.31. The number of anilines is 1. The van der Waals surface area contributed by atoms with E-state index < -0.39 is 0 Å². The van der Waals surface area contributed by atoms with Gasteiger partial charge < -0.3 is 5.32 Å². The molecule has 1 aromatic heterocycles. The third-order valence-corrected chi connectivity index (χ3v) is 4.69. The lowest BCUT2D eigenvalue weighted by atomic mass is 10.0. The average Bonchev–Trinajstić information content (AvgIpc) is 3.05. The van der Waals surface area contributed by atoms with Crippen molar-refractivity contribution in [1.82, 2.24) is 0 Å². The average molecular weight is 318 g/mol. The van der Waals surface area contributed by atoms with Crippen molar-refractivity contribution >= 4 is 34.3 Å². The van der Waals surface area contributed by atoms with Gasteiger partial charge in [-0.2, -0.15) is 0 Å². The predicted octanol–water partition coefficient (Wildman–Crippen LogP) is 4.88. The molecule has 0 saturated heterocycles. The third-order valence-electron chi connectivity index (χ3n) is 3.77. The van der Waals surface area contributed by atoms with E-state index in [0.29, 0.717) is 6.42 Å². The maximum atomic E-state index is 12.2. The van der Waals surface area contributed by atoms with Crippen molar-refractivity contribution in [2.24, 2.45) is 4.99 Å². The summed E-state index contributed by atoms with van der Waals surface area (Å²) in [6.07, 6.45) is 0.301. The third kappa shape index (κ3) is 2.81. The molecular formula is C19H14N2OS. The Labute approximate surface area is 138 Å². The van der Waals surface area contributed by atoms with E-state index in [0.717, 1.165) is 33.1 Å². The first-order valence-corrected chi connectivity index (χ1v) is 8.28. The number of nitrogens with one attached hydrogen (secondary N) is 1. The van der Waals surface area contributed by atoms with Crippen LogP contribution in [0, 0.1) is 0 Å². The molecule has 1 amide bonds. The van der Waals surface area contributed by atoms with Crippen LogP contribution in [-0.4, -0.2) is 11.6 Å². The molecule has 4 rings (SSSR count). The van der Waals surface area contributed by atoms with Gasteiger partial charge >= 0.3 is 0 Å². The fraction of sp³-hybridized carbons (Fsp3) is 0.0526. The molecule has 0 fully saturated rings. The Hall–Kier alpha value is -2.72. The Morgan fingerprint density at radius 3 is 2.61 bits per heavy atom. The molecule has 0 bridgehead atoms. The molecule has 1 N–H and O–H groups in total.